The minimum atomic E-state index is -0.112. The summed E-state index contributed by atoms with van der Waals surface area (Å²) in [5, 5.41) is 3.35. The Morgan fingerprint density at radius 1 is 1.05 bits per heavy atom. The maximum absolute atomic E-state index is 13.3. The fourth-order valence-electron chi connectivity index (χ4n) is 2.67. The molecular weight excluding hydrogens is 249 g/mol. The van der Waals surface area contributed by atoms with Crippen LogP contribution in [0.1, 0.15) is 75.5 Å². The Morgan fingerprint density at radius 3 is 2.30 bits per heavy atom. The maximum atomic E-state index is 13.3. The summed E-state index contributed by atoms with van der Waals surface area (Å²) in [7, 11) is 1.99. The van der Waals surface area contributed by atoms with Gasteiger partial charge >= 0.3 is 0 Å². The molecule has 0 saturated carbocycles. The predicted octanol–water partition coefficient (Wildman–Crippen LogP) is 5.54. The molecule has 0 fully saturated rings. The van der Waals surface area contributed by atoms with E-state index in [0.29, 0.717) is 6.04 Å². The molecule has 0 aliphatic carbocycles. The lowest BCUT2D eigenvalue weighted by molar-refractivity contribution is 0.494. The van der Waals surface area contributed by atoms with Crippen molar-refractivity contribution in [3.8, 4) is 0 Å². The van der Waals surface area contributed by atoms with Gasteiger partial charge < -0.3 is 5.32 Å². The van der Waals surface area contributed by atoms with E-state index in [0.717, 1.165) is 12.0 Å². The number of hydrogen-bond acceptors (Lipinski definition) is 1. The van der Waals surface area contributed by atoms with Gasteiger partial charge in [0, 0.05) is 6.04 Å². The molecular formula is C18H30FN. The van der Waals surface area contributed by atoms with E-state index in [1.54, 1.807) is 6.07 Å². The number of nitrogens with one attached hydrogen (secondary N) is 1. The van der Waals surface area contributed by atoms with E-state index in [-0.39, 0.29) is 5.82 Å². The summed E-state index contributed by atoms with van der Waals surface area (Å²) in [6, 6.07) is 5.81. The van der Waals surface area contributed by atoms with Crippen molar-refractivity contribution in [2.45, 2.75) is 71.3 Å². The molecule has 1 unspecified atom stereocenters. The van der Waals surface area contributed by atoms with Gasteiger partial charge in [-0.3, -0.25) is 0 Å². The van der Waals surface area contributed by atoms with Crippen molar-refractivity contribution < 1.29 is 4.39 Å². The van der Waals surface area contributed by atoms with Crippen LogP contribution >= 0.6 is 0 Å². The largest absolute Gasteiger partial charge is 0.313 e. The molecule has 0 heterocycles. The molecule has 114 valence electrons. The summed E-state index contributed by atoms with van der Waals surface area (Å²) < 4.78 is 13.3. The van der Waals surface area contributed by atoms with Crippen LogP contribution in [-0.4, -0.2) is 7.05 Å². The molecule has 2 heteroatoms. The third-order valence-electron chi connectivity index (χ3n) is 4.03. The smallest absolute Gasteiger partial charge is 0.126 e. The van der Waals surface area contributed by atoms with Crippen LogP contribution in [0.15, 0.2) is 18.2 Å². The maximum Gasteiger partial charge on any atom is 0.126 e. The van der Waals surface area contributed by atoms with Gasteiger partial charge in [-0.25, -0.2) is 4.39 Å². The molecule has 0 aliphatic rings. The minimum absolute atomic E-state index is 0.112. The number of benzene rings is 1. The number of hydrogen-bond donors (Lipinski definition) is 1. The topological polar surface area (TPSA) is 12.0 Å². The average Bonchev–Trinajstić information content (AvgIpc) is 2.45. The zero-order valence-corrected chi connectivity index (χ0v) is 13.3. The average molecular weight is 279 g/mol. The summed E-state index contributed by atoms with van der Waals surface area (Å²) >= 11 is 0. The highest BCUT2D eigenvalue weighted by atomic mass is 19.1. The second-order valence-electron chi connectivity index (χ2n) is 5.76. The molecule has 0 bridgehead atoms. The monoisotopic (exact) mass is 279 g/mol. The third kappa shape index (κ3) is 6.04. The molecule has 1 N–H and O–H groups in total. The predicted molar refractivity (Wildman–Crippen MR) is 85.5 cm³/mol. The van der Waals surface area contributed by atoms with Gasteiger partial charge in [0.05, 0.1) is 0 Å². The van der Waals surface area contributed by atoms with Crippen LogP contribution in [0, 0.1) is 12.7 Å². The Kier molecular flexibility index (Phi) is 8.52. The fourth-order valence-corrected chi connectivity index (χ4v) is 2.67. The van der Waals surface area contributed by atoms with Crippen LogP contribution in [0.4, 0.5) is 4.39 Å². The minimum Gasteiger partial charge on any atom is -0.313 e. The first-order valence-electron chi connectivity index (χ1n) is 8.12. The van der Waals surface area contributed by atoms with Crippen LogP contribution in [-0.2, 0) is 0 Å². The Balaban J connectivity index is 2.30. The van der Waals surface area contributed by atoms with Gasteiger partial charge in [0.25, 0.3) is 0 Å². The molecule has 0 saturated heterocycles. The molecule has 0 spiro atoms. The first-order valence-corrected chi connectivity index (χ1v) is 8.12. The van der Waals surface area contributed by atoms with E-state index in [4.69, 9.17) is 0 Å². The highest BCUT2D eigenvalue weighted by Crippen LogP contribution is 2.22. The molecule has 1 nitrogen and oxygen atoms in total. The Hall–Kier alpha value is -0.890. The van der Waals surface area contributed by atoms with Crippen LogP contribution in [0.25, 0.3) is 0 Å². The highest BCUT2D eigenvalue weighted by Gasteiger charge is 2.10. The second kappa shape index (κ2) is 9.93. The van der Waals surface area contributed by atoms with E-state index < -0.39 is 0 Å². The fraction of sp³-hybridized carbons (Fsp3) is 0.667. The molecule has 0 aliphatic heterocycles. The van der Waals surface area contributed by atoms with Gasteiger partial charge in [0.15, 0.2) is 0 Å². The molecule has 0 amide bonds. The van der Waals surface area contributed by atoms with Crippen molar-refractivity contribution in [3.63, 3.8) is 0 Å². The lowest BCUT2D eigenvalue weighted by Crippen LogP contribution is -2.16. The van der Waals surface area contributed by atoms with Crippen LogP contribution < -0.4 is 5.32 Å². The standard InChI is InChI=1S/C18H30FN/c1-4-5-6-7-8-9-10-11-18(20-3)16-12-13-17(19)15(2)14-16/h12-14,18,20H,4-11H2,1-3H3. The SMILES string of the molecule is CCCCCCCCCC(NC)c1ccc(F)c(C)c1. The van der Waals surface area contributed by atoms with E-state index in [2.05, 4.69) is 12.2 Å². The van der Waals surface area contributed by atoms with Crippen molar-refractivity contribution in [3.05, 3.63) is 35.1 Å². The van der Waals surface area contributed by atoms with Gasteiger partial charge in [0.1, 0.15) is 5.82 Å². The Bertz CT molecular complexity index is 376. The van der Waals surface area contributed by atoms with Crippen molar-refractivity contribution in [1.82, 2.24) is 5.32 Å². The zero-order valence-electron chi connectivity index (χ0n) is 13.3. The molecule has 20 heavy (non-hydrogen) atoms. The summed E-state index contributed by atoms with van der Waals surface area (Å²) in [4.78, 5) is 0. The van der Waals surface area contributed by atoms with Crippen LogP contribution in [0.5, 0.6) is 0 Å². The second-order valence-corrected chi connectivity index (χ2v) is 5.76. The lowest BCUT2D eigenvalue weighted by atomic mass is 9.98. The molecule has 1 aromatic carbocycles. The van der Waals surface area contributed by atoms with Crippen molar-refractivity contribution in [2.24, 2.45) is 0 Å². The number of unbranched alkanes of at least 4 members (excludes halogenated alkanes) is 6. The molecule has 0 radical (unpaired) electrons. The summed E-state index contributed by atoms with van der Waals surface area (Å²) in [5.41, 5.74) is 1.94. The third-order valence-corrected chi connectivity index (χ3v) is 4.03. The van der Waals surface area contributed by atoms with E-state index in [1.807, 2.05) is 26.1 Å². The first kappa shape index (κ1) is 17.2. The Labute approximate surface area is 124 Å². The zero-order chi connectivity index (χ0) is 14.8. The number of halogens is 1. The molecule has 0 aromatic heterocycles. The quantitative estimate of drug-likeness (QED) is 0.555. The van der Waals surface area contributed by atoms with Gasteiger partial charge in [-0.15, -0.1) is 0 Å². The van der Waals surface area contributed by atoms with Crippen LogP contribution in [0.3, 0.4) is 0 Å². The van der Waals surface area contributed by atoms with Crippen LogP contribution in [0.2, 0.25) is 0 Å². The van der Waals surface area contributed by atoms with Crippen molar-refractivity contribution in [2.75, 3.05) is 7.05 Å². The summed E-state index contributed by atoms with van der Waals surface area (Å²) in [6.45, 7) is 4.08. The van der Waals surface area contributed by atoms with E-state index in [9.17, 15) is 4.39 Å². The summed E-state index contributed by atoms with van der Waals surface area (Å²) in [6.07, 6.45) is 10.5. The number of rotatable bonds is 10. The normalized spacial score (nSPS) is 12.6. The molecule has 1 aromatic rings. The highest BCUT2D eigenvalue weighted by molar-refractivity contribution is 5.26. The summed E-state index contributed by atoms with van der Waals surface area (Å²) in [5.74, 6) is -0.112. The van der Waals surface area contributed by atoms with Gasteiger partial charge in [-0.1, -0.05) is 64.0 Å². The van der Waals surface area contributed by atoms with Gasteiger partial charge in [-0.2, -0.15) is 0 Å². The molecule has 1 atom stereocenters. The van der Waals surface area contributed by atoms with Gasteiger partial charge in [0.2, 0.25) is 0 Å². The molecule has 1 rings (SSSR count). The van der Waals surface area contributed by atoms with Crippen molar-refractivity contribution >= 4 is 0 Å². The van der Waals surface area contributed by atoms with E-state index in [1.165, 1.54) is 50.5 Å². The Morgan fingerprint density at radius 2 is 1.70 bits per heavy atom. The first-order chi connectivity index (χ1) is 9.69. The van der Waals surface area contributed by atoms with Gasteiger partial charge in [-0.05, 0) is 37.6 Å². The lowest BCUT2D eigenvalue weighted by Gasteiger charge is -2.17. The van der Waals surface area contributed by atoms with Crippen molar-refractivity contribution in [1.29, 1.82) is 0 Å². The van der Waals surface area contributed by atoms with E-state index >= 15 is 0 Å². The number of aryl methyl sites for hydroxylation is 1.